The molecule has 0 aliphatic heterocycles. The Morgan fingerprint density at radius 1 is 1.44 bits per heavy atom. The van der Waals surface area contributed by atoms with E-state index in [9.17, 15) is 10.2 Å². The van der Waals surface area contributed by atoms with Gasteiger partial charge in [-0.05, 0) is 54.0 Å². The second kappa shape index (κ2) is 6.97. The normalized spacial score (nSPS) is 12.8. The molecule has 5 heteroatoms. The van der Waals surface area contributed by atoms with Gasteiger partial charge < -0.3 is 19.8 Å². The minimum absolute atomic E-state index is 0.118. The minimum atomic E-state index is -0.284. The quantitative estimate of drug-likeness (QED) is 0.845. The summed E-state index contributed by atoms with van der Waals surface area (Å²) in [7, 11) is 3.53. The molecule has 0 aromatic heterocycles. The van der Waals surface area contributed by atoms with E-state index in [1.165, 1.54) is 7.11 Å². The van der Waals surface area contributed by atoms with Crippen molar-refractivity contribution in [2.45, 2.75) is 26.0 Å². The van der Waals surface area contributed by atoms with Crippen LogP contribution in [-0.2, 0) is 6.54 Å². The van der Waals surface area contributed by atoms with E-state index in [1.54, 1.807) is 6.92 Å². The van der Waals surface area contributed by atoms with E-state index < -0.39 is 0 Å². The molecule has 0 saturated carbocycles. The van der Waals surface area contributed by atoms with Gasteiger partial charge in [0.05, 0.1) is 17.7 Å². The molecular formula is C13H20BrNO3. The Kier molecular flexibility index (Phi) is 5.91. The fourth-order valence-corrected chi connectivity index (χ4v) is 2.16. The highest BCUT2D eigenvalue weighted by Crippen LogP contribution is 2.35. The van der Waals surface area contributed by atoms with Gasteiger partial charge in [0.15, 0.2) is 11.5 Å². The predicted molar refractivity (Wildman–Crippen MR) is 75.0 cm³/mol. The summed E-state index contributed by atoms with van der Waals surface area (Å²) in [5, 5.41) is 19.0. The molecule has 0 heterocycles. The van der Waals surface area contributed by atoms with Crippen LogP contribution in [0, 0.1) is 0 Å². The van der Waals surface area contributed by atoms with Crippen molar-refractivity contribution in [1.82, 2.24) is 4.90 Å². The van der Waals surface area contributed by atoms with Gasteiger partial charge >= 0.3 is 0 Å². The number of aliphatic hydroxyl groups excluding tert-OH is 1. The first-order valence-corrected chi connectivity index (χ1v) is 6.65. The average Bonchev–Trinajstić information content (AvgIpc) is 2.31. The van der Waals surface area contributed by atoms with Crippen LogP contribution in [0.1, 0.15) is 18.9 Å². The van der Waals surface area contributed by atoms with Crippen LogP contribution in [0.15, 0.2) is 16.6 Å². The van der Waals surface area contributed by atoms with Gasteiger partial charge in [0.1, 0.15) is 0 Å². The zero-order chi connectivity index (χ0) is 13.7. The first-order valence-electron chi connectivity index (χ1n) is 5.86. The Morgan fingerprint density at radius 2 is 2.11 bits per heavy atom. The maximum atomic E-state index is 9.71. The van der Waals surface area contributed by atoms with Crippen LogP contribution >= 0.6 is 15.9 Å². The van der Waals surface area contributed by atoms with Gasteiger partial charge in [0, 0.05) is 13.1 Å². The summed E-state index contributed by atoms with van der Waals surface area (Å²) in [6, 6.07) is 3.69. The van der Waals surface area contributed by atoms with E-state index >= 15 is 0 Å². The number of methoxy groups -OCH3 is 1. The summed E-state index contributed by atoms with van der Waals surface area (Å²) >= 11 is 3.30. The van der Waals surface area contributed by atoms with E-state index in [2.05, 4.69) is 20.8 Å². The third-order valence-electron chi connectivity index (χ3n) is 2.69. The van der Waals surface area contributed by atoms with Crippen molar-refractivity contribution >= 4 is 15.9 Å². The number of aromatic hydroxyl groups is 1. The van der Waals surface area contributed by atoms with Crippen LogP contribution in [-0.4, -0.2) is 41.9 Å². The van der Waals surface area contributed by atoms with Gasteiger partial charge in [-0.1, -0.05) is 0 Å². The molecule has 0 bridgehead atoms. The van der Waals surface area contributed by atoms with Crippen LogP contribution in [0.5, 0.6) is 11.5 Å². The number of rotatable bonds is 6. The highest BCUT2D eigenvalue weighted by Gasteiger charge is 2.10. The van der Waals surface area contributed by atoms with Crippen LogP contribution in [0.4, 0.5) is 0 Å². The Morgan fingerprint density at radius 3 is 2.67 bits per heavy atom. The zero-order valence-corrected chi connectivity index (χ0v) is 12.6. The topological polar surface area (TPSA) is 52.9 Å². The van der Waals surface area contributed by atoms with Crippen molar-refractivity contribution in [2.24, 2.45) is 0 Å². The second-order valence-electron chi connectivity index (χ2n) is 4.50. The number of phenolic OH excluding ortho intramolecular Hbond substituents is 1. The van der Waals surface area contributed by atoms with Crippen LogP contribution < -0.4 is 4.74 Å². The maximum Gasteiger partial charge on any atom is 0.172 e. The molecule has 0 fully saturated rings. The first kappa shape index (κ1) is 15.3. The summed E-state index contributed by atoms with van der Waals surface area (Å²) in [6.07, 6.45) is 0.459. The minimum Gasteiger partial charge on any atom is -0.503 e. The van der Waals surface area contributed by atoms with Gasteiger partial charge in [-0.2, -0.15) is 0 Å². The summed E-state index contributed by atoms with van der Waals surface area (Å²) in [4.78, 5) is 2.12. The number of phenols is 1. The van der Waals surface area contributed by atoms with Crippen molar-refractivity contribution in [2.75, 3.05) is 20.7 Å². The third kappa shape index (κ3) is 4.48. The molecule has 0 saturated heterocycles. The van der Waals surface area contributed by atoms with E-state index in [0.29, 0.717) is 10.2 Å². The highest BCUT2D eigenvalue weighted by atomic mass is 79.9. The number of ether oxygens (including phenoxy) is 1. The van der Waals surface area contributed by atoms with Gasteiger partial charge in [-0.3, -0.25) is 0 Å². The number of halogens is 1. The van der Waals surface area contributed by atoms with E-state index in [-0.39, 0.29) is 11.9 Å². The molecule has 1 unspecified atom stereocenters. The van der Waals surface area contributed by atoms with Crippen molar-refractivity contribution in [1.29, 1.82) is 0 Å². The molecule has 1 aromatic carbocycles. The van der Waals surface area contributed by atoms with Crippen molar-refractivity contribution in [3.63, 3.8) is 0 Å². The maximum absolute atomic E-state index is 9.71. The lowest BCUT2D eigenvalue weighted by molar-refractivity contribution is 0.163. The summed E-state index contributed by atoms with van der Waals surface area (Å²) in [5.41, 5.74) is 1.05. The van der Waals surface area contributed by atoms with Gasteiger partial charge in [0.25, 0.3) is 0 Å². The molecular weight excluding hydrogens is 298 g/mol. The summed E-state index contributed by atoms with van der Waals surface area (Å²) < 4.78 is 5.73. The summed E-state index contributed by atoms with van der Waals surface area (Å²) in [5.74, 6) is 0.580. The smallest absolute Gasteiger partial charge is 0.172 e. The summed E-state index contributed by atoms with van der Waals surface area (Å²) in [6.45, 7) is 3.34. The average molecular weight is 318 g/mol. The largest absolute Gasteiger partial charge is 0.503 e. The molecule has 0 aliphatic rings. The van der Waals surface area contributed by atoms with E-state index in [4.69, 9.17) is 4.74 Å². The Labute approximate surface area is 116 Å². The molecule has 1 atom stereocenters. The number of benzene rings is 1. The number of hydrogen-bond acceptors (Lipinski definition) is 4. The first-order chi connectivity index (χ1) is 8.43. The standard InChI is InChI=1S/C13H20BrNO3/c1-9(16)4-5-15(2)8-10-6-11(14)13(17)12(7-10)18-3/h6-7,9,16-17H,4-5,8H2,1-3H3. The van der Waals surface area contributed by atoms with Crippen molar-refractivity contribution in [3.05, 3.63) is 22.2 Å². The lowest BCUT2D eigenvalue weighted by Crippen LogP contribution is -2.22. The Balaban J connectivity index is 2.70. The monoisotopic (exact) mass is 317 g/mol. The molecule has 1 rings (SSSR count). The molecule has 4 nitrogen and oxygen atoms in total. The van der Waals surface area contributed by atoms with Crippen molar-refractivity contribution in [3.8, 4) is 11.5 Å². The number of nitrogens with zero attached hydrogens (tertiary/aromatic N) is 1. The Bertz CT molecular complexity index is 396. The van der Waals surface area contributed by atoms with E-state index in [0.717, 1.165) is 25.1 Å². The SMILES string of the molecule is COc1cc(CN(C)CCC(C)O)cc(Br)c1O. The number of aliphatic hydroxyl groups is 1. The van der Waals surface area contributed by atoms with Crippen LogP contribution in [0.25, 0.3) is 0 Å². The third-order valence-corrected chi connectivity index (χ3v) is 3.29. The second-order valence-corrected chi connectivity index (χ2v) is 5.36. The highest BCUT2D eigenvalue weighted by molar-refractivity contribution is 9.10. The lowest BCUT2D eigenvalue weighted by Gasteiger charge is -2.18. The zero-order valence-electron chi connectivity index (χ0n) is 11.0. The predicted octanol–water partition coefficient (Wildman–Crippen LogP) is 2.37. The van der Waals surface area contributed by atoms with Gasteiger partial charge in [0.2, 0.25) is 0 Å². The number of hydrogen-bond donors (Lipinski definition) is 2. The Hall–Kier alpha value is -0.780. The fraction of sp³-hybridized carbons (Fsp3) is 0.538. The fourth-order valence-electron chi connectivity index (χ4n) is 1.67. The molecule has 0 radical (unpaired) electrons. The molecule has 0 amide bonds. The molecule has 1 aromatic rings. The van der Waals surface area contributed by atoms with Gasteiger partial charge in [-0.25, -0.2) is 0 Å². The molecule has 18 heavy (non-hydrogen) atoms. The molecule has 0 spiro atoms. The molecule has 2 N–H and O–H groups in total. The molecule has 102 valence electrons. The van der Waals surface area contributed by atoms with Crippen LogP contribution in [0.2, 0.25) is 0 Å². The van der Waals surface area contributed by atoms with E-state index in [1.807, 2.05) is 19.2 Å². The van der Waals surface area contributed by atoms with Crippen molar-refractivity contribution < 1.29 is 14.9 Å². The molecule has 0 aliphatic carbocycles. The van der Waals surface area contributed by atoms with Crippen LogP contribution in [0.3, 0.4) is 0 Å². The lowest BCUT2D eigenvalue weighted by atomic mass is 10.2. The van der Waals surface area contributed by atoms with Gasteiger partial charge in [-0.15, -0.1) is 0 Å².